The van der Waals surface area contributed by atoms with Gasteiger partial charge in [0.1, 0.15) is 0 Å². The molecule has 3 N–H and O–H groups in total. The third-order valence-electron chi connectivity index (χ3n) is 4.09. The van der Waals surface area contributed by atoms with Gasteiger partial charge in [0.05, 0.1) is 6.42 Å². The van der Waals surface area contributed by atoms with Gasteiger partial charge < -0.3 is 10.8 Å². The summed E-state index contributed by atoms with van der Waals surface area (Å²) < 4.78 is 0. The lowest BCUT2D eigenvalue weighted by Crippen LogP contribution is -2.52. The van der Waals surface area contributed by atoms with Gasteiger partial charge in [0.15, 0.2) is 0 Å². The Kier molecular flexibility index (Phi) is 2.14. The molecule has 0 unspecified atom stereocenters. The normalized spacial score (nSPS) is 40.0. The zero-order chi connectivity index (χ0) is 10.3. The lowest BCUT2D eigenvalue weighted by atomic mass is 9.52. The van der Waals surface area contributed by atoms with Gasteiger partial charge in [0, 0.05) is 0 Å². The first-order chi connectivity index (χ1) is 6.59. The van der Waals surface area contributed by atoms with Crippen LogP contribution in [0.1, 0.15) is 26.2 Å². The van der Waals surface area contributed by atoms with Crippen LogP contribution >= 0.6 is 0 Å². The van der Waals surface area contributed by atoms with E-state index in [-0.39, 0.29) is 11.8 Å². The standard InChI is InChI=1S/C11H17NO2/c1-7-2-3-9-8(7)4-11(9,6-12)5-10(13)14/h2,8-9H,3-6,12H2,1H3,(H,13,14)/t8-,9+,11+/m1/s1. The van der Waals surface area contributed by atoms with Crippen LogP contribution < -0.4 is 5.73 Å². The molecule has 0 aliphatic heterocycles. The van der Waals surface area contributed by atoms with Crippen LogP contribution in [0.25, 0.3) is 0 Å². The molecule has 3 heteroatoms. The number of carboxylic acids is 1. The Morgan fingerprint density at radius 1 is 1.79 bits per heavy atom. The average molecular weight is 195 g/mol. The highest BCUT2D eigenvalue weighted by molar-refractivity contribution is 5.68. The van der Waals surface area contributed by atoms with E-state index in [1.54, 1.807) is 0 Å². The van der Waals surface area contributed by atoms with Crippen molar-refractivity contribution in [3.8, 4) is 0 Å². The smallest absolute Gasteiger partial charge is 0.303 e. The Labute approximate surface area is 84.0 Å². The van der Waals surface area contributed by atoms with E-state index in [2.05, 4.69) is 13.0 Å². The number of hydrogen-bond donors (Lipinski definition) is 2. The zero-order valence-electron chi connectivity index (χ0n) is 8.49. The largest absolute Gasteiger partial charge is 0.481 e. The molecule has 1 fully saturated rings. The Morgan fingerprint density at radius 3 is 3.00 bits per heavy atom. The second-order valence-electron chi connectivity index (χ2n) is 4.74. The first-order valence-electron chi connectivity index (χ1n) is 5.17. The number of nitrogens with two attached hydrogens (primary N) is 1. The summed E-state index contributed by atoms with van der Waals surface area (Å²) in [4.78, 5) is 10.8. The molecule has 0 spiro atoms. The number of carbonyl (C=O) groups is 1. The maximum Gasteiger partial charge on any atom is 0.303 e. The summed E-state index contributed by atoms with van der Waals surface area (Å²) >= 11 is 0. The van der Waals surface area contributed by atoms with E-state index in [1.807, 2.05) is 0 Å². The summed E-state index contributed by atoms with van der Waals surface area (Å²) in [7, 11) is 0. The molecule has 0 aromatic carbocycles. The Balaban J connectivity index is 2.09. The Bertz CT molecular complexity index is 298. The molecule has 14 heavy (non-hydrogen) atoms. The molecule has 3 atom stereocenters. The first kappa shape index (κ1) is 9.71. The molecule has 0 aromatic heterocycles. The molecule has 0 amide bonds. The minimum absolute atomic E-state index is 0.106. The molecule has 1 saturated carbocycles. The number of carboxylic acid groups (broad SMARTS) is 1. The van der Waals surface area contributed by atoms with Gasteiger partial charge in [-0.3, -0.25) is 4.79 Å². The van der Waals surface area contributed by atoms with Crippen LogP contribution in [0.3, 0.4) is 0 Å². The maximum atomic E-state index is 10.8. The van der Waals surface area contributed by atoms with Crippen LogP contribution in [0.15, 0.2) is 11.6 Å². The quantitative estimate of drug-likeness (QED) is 0.669. The van der Waals surface area contributed by atoms with Crippen molar-refractivity contribution in [2.24, 2.45) is 23.0 Å². The van der Waals surface area contributed by atoms with E-state index >= 15 is 0 Å². The van der Waals surface area contributed by atoms with Crippen molar-refractivity contribution in [1.29, 1.82) is 0 Å². The van der Waals surface area contributed by atoms with Crippen molar-refractivity contribution in [1.82, 2.24) is 0 Å². The van der Waals surface area contributed by atoms with Crippen LogP contribution in [0.4, 0.5) is 0 Å². The lowest BCUT2D eigenvalue weighted by Gasteiger charge is -2.52. The van der Waals surface area contributed by atoms with E-state index < -0.39 is 5.97 Å². The van der Waals surface area contributed by atoms with E-state index in [9.17, 15) is 4.79 Å². The van der Waals surface area contributed by atoms with Crippen molar-refractivity contribution in [3.63, 3.8) is 0 Å². The number of allylic oxidation sites excluding steroid dienone is 2. The molecule has 0 heterocycles. The third-order valence-corrected chi connectivity index (χ3v) is 4.09. The molecule has 78 valence electrons. The van der Waals surface area contributed by atoms with Gasteiger partial charge in [-0.25, -0.2) is 0 Å². The van der Waals surface area contributed by atoms with Crippen LogP contribution in [0.2, 0.25) is 0 Å². The van der Waals surface area contributed by atoms with Crippen LogP contribution in [-0.4, -0.2) is 17.6 Å². The summed E-state index contributed by atoms with van der Waals surface area (Å²) in [6, 6.07) is 0. The van der Waals surface area contributed by atoms with Crippen molar-refractivity contribution in [2.75, 3.05) is 6.54 Å². The average Bonchev–Trinajstić information content (AvgIpc) is 2.38. The molecule has 0 saturated heterocycles. The fourth-order valence-electron chi connectivity index (χ4n) is 3.17. The fourth-order valence-corrected chi connectivity index (χ4v) is 3.17. The van der Waals surface area contributed by atoms with Crippen molar-refractivity contribution < 1.29 is 9.90 Å². The van der Waals surface area contributed by atoms with Crippen LogP contribution in [-0.2, 0) is 4.79 Å². The van der Waals surface area contributed by atoms with Gasteiger partial charge in [-0.2, -0.15) is 0 Å². The van der Waals surface area contributed by atoms with Crippen molar-refractivity contribution in [3.05, 3.63) is 11.6 Å². The van der Waals surface area contributed by atoms with E-state index in [1.165, 1.54) is 5.57 Å². The summed E-state index contributed by atoms with van der Waals surface area (Å²) in [5.74, 6) is 0.417. The van der Waals surface area contributed by atoms with Gasteiger partial charge in [-0.05, 0) is 43.6 Å². The summed E-state index contributed by atoms with van der Waals surface area (Å²) in [6.45, 7) is 2.66. The summed E-state index contributed by atoms with van der Waals surface area (Å²) in [6.07, 6.45) is 4.49. The molecule has 2 aliphatic rings. The zero-order valence-corrected chi connectivity index (χ0v) is 8.49. The molecule has 3 nitrogen and oxygen atoms in total. The van der Waals surface area contributed by atoms with Gasteiger partial charge in [-0.15, -0.1) is 0 Å². The predicted molar refractivity (Wildman–Crippen MR) is 53.7 cm³/mol. The van der Waals surface area contributed by atoms with Gasteiger partial charge in [0.25, 0.3) is 0 Å². The number of rotatable bonds is 3. The van der Waals surface area contributed by atoms with Crippen molar-refractivity contribution >= 4 is 5.97 Å². The summed E-state index contributed by atoms with van der Waals surface area (Å²) in [5.41, 5.74) is 7.06. The summed E-state index contributed by atoms with van der Waals surface area (Å²) in [5, 5.41) is 8.86. The van der Waals surface area contributed by atoms with Gasteiger partial charge in [0.2, 0.25) is 0 Å². The second-order valence-corrected chi connectivity index (χ2v) is 4.74. The molecule has 0 bridgehead atoms. The molecule has 0 aromatic rings. The van der Waals surface area contributed by atoms with E-state index in [4.69, 9.17) is 10.8 Å². The Morgan fingerprint density at radius 2 is 2.50 bits per heavy atom. The highest BCUT2D eigenvalue weighted by Gasteiger charge is 2.55. The van der Waals surface area contributed by atoms with Crippen LogP contribution in [0, 0.1) is 17.3 Å². The van der Waals surface area contributed by atoms with Crippen LogP contribution in [0.5, 0.6) is 0 Å². The number of hydrogen-bond acceptors (Lipinski definition) is 2. The van der Waals surface area contributed by atoms with E-state index in [0.29, 0.717) is 18.4 Å². The highest BCUT2D eigenvalue weighted by Crippen LogP contribution is 2.60. The minimum Gasteiger partial charge on any atom is -0.481 e. The second kappa shape index (κ2) is 3.09. The molecule has 0 radical (unpaired) electrons. The van der Waals surface area contributed by atoms with Gasteiger partial charge in [-0.1, -0.05) is 11.6 Å². The first-order valence-corrected chi connectivity index (χ1v) is 5.17. The number of aliphatic carboxylic acids is 1. The molecule has 2 aliphatic carbocycles. The molecular formula is C11H17NO2. The minimum atomic E-state index is -0.710. The van der Waals surface area contributed by atoms with Gasteiger partial charge >= 0.3 is 5.97 Å². The lowest BCUT2D eigenvalue weighted by molar-refractivity contribution is -0.144. The molecular weight excluding hydrogens is 178 g/mol. The van der Waals surface area contributed by atoms with E-state index in [0.717, 1.165) is 12.8 Å². The number of fused-ring (bicyclic) bond motifs is 1. The SMILES string of the molecule is CC1=CC[C@H]2[C@@H]1C[C@@]2(CN)CC(=O)O. The Hall–Kier alpha value is -0.830. The predicted octanol–water partition coefficient (Wildman–Crippen LogP) is 1.39. The topological polar surface area (TPSA) is 63.3 Å². The maximum absolute atomic E-state index is 10.8. The monoisotopic (exact) mass is 195 g/mol. The van der Waals surface area contributed by atoms with Crippen molar-refractivity contribution in [2.45, 2.75) is 26.2 Å². The highest BCUT2D eigenvalue weighted by atomic mass is 16.4. The third kappa shape index (κ3) is 1.19. The molecule has 2 rings (SSSR count). The fraction of sp³-hybridized carbons (Fsp3) is 0.727.